The molecule has 0 radical (unpaired) electrons. The highest BCUT2D eigenvalue weighted by Gasteiger charge is 2.27. The van der Waals surface area contributed by atoms with Gasteiger partial charge < -0.3 is 5.32 Å². The van der Waals surface area contributed by atoms with Crippen molar-refractivity contribution >= 4 is 34.9 Å². The predicted molar refractivity (Wildman–Crippen MR) is 58.0 cm³/mol. The zero-order valence-corrected chi connectivity index (χ0v) is 8.85. The molecule has 3 nitrogen and oxygen atoms in total. The molecule has 1 aromatic rings. The molecule has 0 amide bonds. The van der Waals surface area contributed by atoms with Crippen molar-refractivity contribution in [1.29, 1.82) is 10.8 Å². The number of amidine groups is 2. The molecule has 0 aromatic heterocycles. The Kier molecular flexibility index (Phi) is 2.01. The van der Waals surface area contributed by atoms with Crippen LogP contribution in [-0.2, 0) is 0 Å². The van der Waals surface area contributed by atoms with E-state index in [0.717, 1.165) is 5.56 Å². The van der Waals surface area contributed by atoms with E-state index in [-0.39, 0.29) is 11.7 Å². The fraction of sp³-hybridized carbons (Fsp3) is 0.111. The number of hydrogen-bond acceptors (Lipinski definition) is 2. The normalized spacial score (nSPS) is 14.2. The molecular weight excluding hydrogens is 221 g/mol. The van der Waals surface area contributed by atoms with E-state index in [0.29, 0.717) is 21.2 Å². The first-order valence-electron chi connectivity index (χ1n) is 3.96. The first-order valence-corrected chi connectivity index (χ1v) is 4.71. The van der Waals surface area contributed by atoms with Crippen LogP contribution in [0.3, 0.4) is 0 Å². The van der Waals surface area contributed by atoms with Gasteiger partial charge in [-0.05, 0) is 18.6 Å². The summed E-state index contributed by atoms with van der Waals surface area (Å²) in [6.07, 6.45) is 0. The topological polar surface area (TPSA) is 59.7 Å². The molecule has 1 heterocycles. The molecule has 0 fully saturated rings. The number of benzene rings is 1. The quantitative estimate of drug-likeness (QED) is 0.627. The van der Waals surface area contributed by atoms with Crippen LogP contribution < -0.4 is 5.32 Å². The molecule has 1 aliphatic rings. The maximum atomic E-state index is 7.62. The van der Waals surface area contributed by atoms with E-state index in [1.165, 1.54) is 0 Å². The third kappa shape index (κ3) is 1.13. The Morgan fingerprint density at radius 3 is 2.36 bits per heavy atom. The van der Waals surface area contributed by atoms with Gasteiger partial charge in [0.25, 0.3) is 0 Å². The lowest BCUT2D eigenvalue weighted by Gasteiger charge is -2.05. The minimum absolute atomic E-state index is 0.139. The van der Waals surface area contributed by atoms with Crippen molar-refractivity contribution in [1.82, 2.24) is 5.32 Å². The predicted octanol–water partition coefficient (Wildman–Crippen LogP) is 2.56. The SMILES string of the molecule is Cc1cc(Cl)c(Cl)c2c1C(=N)NC2=N. The second kappa shape index (κ2) is 2.97. The van der Waals surface area contributed by atoms with E-state index < -0.39 is 0 Å². The summed E-state index contributed by atoms with van der Waals surface area (Å²) in [7, 11) is 0. The van der Waals surface area contributed by atoms with Crippen LogP contribution in [0.5, 0.6) is 0 Å². The zero-order chi connectivity index (χ0) is 10.5. The number of fused-ring (bicyclic) bond motifs is 1. The van der Waals surface area contributed by atoms with Crippen LogP contribution in [0, 0.1) is 17.7 Å². The van der Waals surface area contributed by atoms with E-state index in [1.54, 1.807) is 6.07 Å². The average molecular weight is 228 g/mol. The summed E-state index contributed by atoms with van der Waals surface area (Å²) in [5.41, 5.74) is 2.06. The summed E-state index contributed by atoms with van der Waals surface area (Å²) >= 11 is 11.8. The Morgan fingerprint density at radius 2 is 1.71 bits per heavy atom. The Labute approximate surface area is 91.0 Å². The van der Waals surface area contributed by atoms with Gasteiger partial charge in [0, 0.05) is 11.1 Å². The van der Waals surface area contributed by atoms with Crippen molar-refractivity contribution in [3.8, 4) is 0 Å². The van der Waals surface area contributed by atoms with Gasteiger partial charge >= 0.3 is 0 Å². The molecule has 0 bridgehead atoms. The Morgan fingerprint density at radius 1 is 1.14 bits per heavy atom. The molecule has 3 N–H and O–H groups in total. The summed E-state index contributed by atoms with van der Waals surface area (Å²) in [5.74, 6) is 0.349. The second-order valence-electron chi connectivity index (χ2n) is 3.11. The molecule has 0 aliphatic carbocycles. The Balaban J connectivity index is 2.86. The van der Waals surface area contributed by atoms with Crippen LogP contribution in [0.2, 0.25) is 10.0 Å². The number of nitrogens with one attached hydrogen (secondary N) is 3. The summed E-state index contributed by atoms with van der Waals surface area (Å²) in [4.78, 5) is 0. The molecule has 1 aromatic carbocycles. The summed E-state index contributed by atoms with van der Waals surface area (Å²) in [5, 5.41) is 18.6. The fourth-order valence-corrected chi connectivity index (χ4v) is 2.06. The molecule has 0 unspecified atom stereocenters. The fourth-order valence-electron chi connectivity index (χ4n) is 1.56. The Hall–Kier alpha value is -1.06. The number of hydrogen-bond donors (Lipinski definition) is 3. The highest BCUT2D eigenvalue weighted by molar-refractivity contribution is 6.46. The first kappa shape index (κ1) is 9.49. The van der Waals surface area contributed by atoms with Crippen molar-refractivity contribution in [3.05, 3.63) is 32.8 Å². The molecule has 5 heteroatoms. The van der Waals surface area contributed by atoms with Gasteiger partial charge in [0.15, 0.2) is 0 Å². The largest absolute Gasteiger partial charge is 0.325 e. The van der Waals surface area contributed by atoms with Crippen LogP contribution >= 0.6 is 23.2 Å². The lowest BCUT2D eigenvalue weighted by atomic mass is 10.0. The van der Waals surface area contributed by atoms with E-state index in [2.05, 4.69) is 5.32 Å². The van der Waals surface area contributed by atoms with E-state index in [1.807, 2.05) is 6.92 Å². The van der Waals surface area contributed by atoms with Crippen molar-refractivity contribution in [3.63, 3.8) is 0 Å². The second-order valence-corrected chi connectivity index (χ2v) is 3.90. The summed E-state index contributed by atoms with van der Waals surface area (Å²) in [6, 6.07) is 1.71. The van der Waals surface area contributed by atoms with Crippen LogP contribution in [0.15, 0.2) is 6.07 Å². The number of halogens is 2. The molecule has 0 atom stereocenters. The van der Waals surface area contributed by atoms with Gasteiger partial charge in [-0.1, -0.05) is 23.2 Å². The highest BCUT2D eigenvalue weighted by Crippen LogP contribution is 2.33. The zero-order valence-electron chi connectivity index (χ0n) is 7.33. The summed E-state index contributed by atoms with van der Waals surface area (Å²) in [6.45, 7) is 1.84. The monoisotopic (exact) mass is 227 g/mol. The lowest BCUT2D eigenvalue weighted by molar-refractivity contribution is 1.29. The van der Waals surface area contributed by atoms with Gasteiger partial charge in [0.1, 0.15) is 11.7 Å². The maximum Gasteiger partial charge on any atom is 0.133 e. The minimum Gasteiger partial charge on any atom is -0.325 e. The molecule has 14 heavy (non-hydrogen) atoms. The van der Waals surface area contributed by atoms with Gasteiger partial charge in [-0.15, -0.1) is 0 Å². The molecule has 0 spiro atoms. The molecule has 0 saturated carbocycles. The van der Waals surface area contributed by atoms with Crippen molar-refractivity contribution < 1.29 is 0 Å². The molecule has 72 valence electrons. The van der Waals surface area contributed by atoms with Gasteiger partial charge in [0.05, 0.1) is 10.0 Å². The van der Waals surface area contributed by atoms with E-state index in [4.69, 9.17) is 34.0 Å². The van der Waals surface area contributed by atoms with Crippen LogP contribution in [-0.4, -0.2) is 11.7 Å². The van der Waals surface area contributed by atoms with Gasteiger partial charge in [0.2, 0.25) is 0 Å². The van der Waals surface area contributed by atoms with E-state index >= 15 is 0 Å². The van der Waals surface area contributed by atoms with Crippen LogP contribution in [0.25, 0.3) is 0 Å². The molecular formula is C9H7Cl2N3. The van der Waals surface area contributed by atoms with Crippen LogP contribution in [0.1, 0.15) is 16.7 Å². The summed E-state index contributed by atoms with van der Waals surface area (Å²) < 4.78 is 0. The van der Waals surface area contributed by atoms with Crippen molar-refractivity contribution in [2.45, 2.75) is 6.92 Å². The van der Waals surface area contributed by atoms with E-state index in [9.17, 15) is 0 Å². The van der Waals surface area contributed by atoms with Crippen LogP contribution in [0.4, 0.5) is 0 Å². The number of aryl methyl sites for hydroxylation is 1. The van der Waals surface area contributed by atoms with Gasteiger partial charge in [-0.3, -0.25) is 10.8 Å². The van der Waals surface area contributed by atoms with Gasteiger partial charge in [-0.2, -0.15) is 0 Å². The number of rotatable bonds is 0. The third-order valence-corrected chi connectivity index (χ3v) is 2.95. The van der Waals surface area contributed by atoms with Crippen molar-refractivity contribution in [2.24, 2.45) is 0 Å². The standard InChI is InChI=1S/C9H7Cl2N3/c1-3-2-4(10)7(11)6-5(3)8(12)14-9(6)13/h2H,1H3,(H3,12,13,14). The molecule has 0 saturated heterocycles. The minimum atomic E-state index is 0.139. The lowest BCUT2D eigenvalue weighted by Crippen LogP contribution is -2.20. The van der Waals surface area contributed by atoms with Crippen molar-refractivity contribution in [2.75, 3.05) is 0 Å². The third-order valence-electron chi connectivity index (χ3n) is 2.17. The maximum absolute atomic E-state index is 7.62. The Bertz CT molecular complexity index is 466. The molecule has 2 rings (SSSR count). The first-order chi connectivity index (χ1) is 6.52. The smallest absolute Gasteiger partial charge is 0.133 e. The van der Waals surface area contributed by atoms with Gasteiger partial charge in [-0.25, -0.2) is 0 Å². The molecule has 1 aliphatic heterocycles. The average Bonchev–Trinajstić information content (AvgIpc) is 2.38. The highest BCUT2D eigenvalue weighted by atomic mass is 35.5.